The zero-order chi connectivity index (χ0) is 23.0. The van der Waals surface area contributed by atoms with E-state index >= 15 is 0 Å². The van der Waals surface area contributed by atoms with Gasteiger partial charge in [-0.2, -0.15) is 0 Å². The first kappa shape index (κ1) is 24.6. The van der Waals surface area contributed by atoms with E-state index in [1.807, 2.05) is 13.8 Å². The lowest BCUT2D eigenvalue weighted by molar-refractivity contribution is -0.384. The molecule has 1 N–H and O–H groups in total. The van der Waals surface area contributed by atoms with Crippen molar-refractivity contribution in [2.24, 2.45) is 0 Å². The molecule has 2 aromatic rings. The van der Waals surface area contributed by atoms with E-state index in [4.69, 9.17) is 9.47 Å². The molecule has 9 nitrogen and oxygen atoms in total. The number of non-ortho nitro benzene ring substituents is 1. The molecule has 0 radical (unpaired) electrons. The van der Waals surface area contributed by atoms with E-state index in [2.05, 4.69) is 0 Å². The number of hydrogen-bond donors (Lipinski definition) is 1. The van der Waals surface area contributed by atoms with Gasteiger partial charge in [0.05, 0.1) is 36.2 Å². The molecule has 0 aromatic heterocycles. The first-order valence-corrected chi connectivity index (χ1v) is 11.3. The Hall–Kier alpha value is -2.69. The molecule has 2 rings (SSSR count). The molecule has 31 heavy (non-hydrogen) atoms. The van der Waals surface area contributed by atoms with Crippen LogP contribution in [0.25, 0.3) is 0 Å². The summed E-state index contributed by atoms with van der Waals surface area (Å²) < 4.78 is 38.5. The molecule has 1 unspecified atom stereocenters. The predicted molar refractivity (Wildman–Crippen MR) is 117 cm³/mol. The zero-order valence-electron chi connectivity index (χ0n) is 17.9. The van der Waals surface area contributed by atoms with Gasteiger partial charge in [-0.15, -0.1) is 0 Å². The number of benzene rings is 2. The summed E-state index contributed by atoms with van der Waals surface area (Å²) in [7, 11) is -2.82. The van der Waals surface area contributed by atoms with Crippen molar-refractivity contribution in [1.82, 2.24) is 0 Å². The highest BCUT2D eigenvalue weighted by atomic mass is 32.2. The van der Waals surface area contributed by atoms with E-state index in [0.717, 1.165) is 28.8 Å². The quantitative estimate of drug-likeness (QED) is 0.298. The minimum absolute atomic E-state index is 0.00856. The molecule has 10 heteroatoms. The van der Waals surface area contributed by atoms with Crippen LogP contribution < -0.4 is 9.04 Å². The van der Waals surface area contributed by atoms with Crippen LogP contribution in [-0.4, -0.2) is 51.4 Å². The molecule has 1 atom stereocenters. The second kappa shape index (κ2) is 11.1. The minimum Gasteiger partial charge on any atom is -0.495 e. The smallest absolute Gasteiger partial charge is 0.271 e. The van der Waals surface area contributed by atoms with Crippen molar-refractivity contribution in [3.63, 3.8) is 0 Å². The molecule has 0 aliphatic carbocycles. The van der Waals surface area contributed by atoms with Gasteiger partial charge in [-0.3, -0.25) is 14.4 Å². The summed E-state index contributed by atoms with van der Waals surface area (Å²) in [4.78, 5) is 10.7. The van der Waals surface area contributed by atoms with E-state index in [-0.39, 0.29) is 35.2 Å². The van der Waals surface area contributed by atoms with Crippen molar-refractivity contribution in [1.29, 1.82) is 0 Å². The number of ether oxygens (including phenoxy) is 2. The Kier molecular flexibility index (Phi) is 8.78. The van der Waals surface area contributed by atoms with Crippen LogP contribution in [0, 0.1) is 17.0 Å². The number of aryl methyl sites for hydroxylation is 1. The number of anilines is 1. The third kappa shape index (κ3) is 6.39. The molecule has 0 saturated carbocycles. The molecule has 0 fully saturated rings. The third-order valence-electron chi connectivity index (χ3n) is 4.58. The Morgan fingerprint density at radius 2 is 1.87 bits per heavy atom. The van der Waals surface area contributed by atoms with Gasteiger partial charge in [0.25, 0.3) is 15.7 Å². The summed E-state index contributed by atoms with van der Waals surface area (Å²) in [5.74, 6) is 0.125. The third-order valence-corrected chi connectivity index (χ3v) is 6.37. The van der Waals surface area contributed by atoms with Gasteiger partial charge in [-0.05, 0) is 31.5 Å². The van der Waals surface area contributed by atoms with Crippen molar-refractivity contribution in [2.75, 3.05) is 31.2 Å². The summed E-state index contributed by atoms with van der Waals surface area (Å²) in [6, 6.07) is 9.88. The van der Waals surface area contributed by atoms with Gasteiger partial charge in [-0.25, -0.2) is 8.42 Å². The van der Waals surface area contributed by atoms with E-state index < -0.39 is 21.1 Å². The molecule has 0 aliphatic heterocycles. The highest BCUT2D eigenvalue weighted by Gasteiger charge is 2.30. The maximum atomic E-state index is 13.5. The van der Waals surface area contributed by atoms with Crippen LogP contribution in [0.3, 0.4) is 0 Å². The molecule has 0 heterocycles. The number of unbranched alkanes of at least 4 members (excludes halogenated alkanes) is 1. The summed E-state index contributed by atoms with van der Waals surface area (Å²) in [6.07, 6.45) is 0.590. The first-order chi connectivity index (χ1) is 14.7. The average molecular weight is 453 g/mol. The zero-order valence-corrected chi connectivity index (χ0v) is 18.7. The molecule has 0 saturated heterocycles. The van der Waals surface area contributed by atoms with Gasteiger partial charge in [-0.1, -0.05) is 31.0 Å². The van der Waals surface area contributed by atoms with Gasteiger partial charge in [0, 0.05) is 18.7 Å². The van der Waals surface area contributed by atoms with Crippen molar-refractivity contribution < 1.29 is 27.9 Å². The Morgan fingerprint density at radius 1 is 1.19 bits per heavy atom. The van der Waals surface area contributed by atoms with Gasteiger partial charge >= 0.3 is 0 Å². The largest absolute Gasteiger partial charge is 0.495 e. The fourth-order valence-corrected chi connectivity index (χ4v) is 4.36. The van der Waals surface area contributed by atoms with Crippen LogP contribution in [-0.2, 0) is 14.8 Å². The first-order valence-electron chi connectivity index (χ1n) is 9.88. The molecular weight excluding hydrogens is 424 g/mol. The Morgan fingerprint density at radius 3 is 2.45 bits per heavy atom. The number of aliphatic hydroxyl groups excluding tert-OH is 1. The standard InChI is InChI=1S/C21H28N2O7S/c1-4-5-12-30-15-18(24)14-22(31(27,28)19-9-6-16(2)7-10-19)20-13-17(23(25)26)8-11-21(20)29-3/h6-11,13,18,24H,4-5,12,14-15H2,1-3H3. The van der Waals surface area contributed by atoms with E-state index in [1.165, 1.54) is 31.4 Å². The Balaban J connectivity index is 2.49. The Labute approximate surface area is 182 Å². The summed E-state index contributed by atoms with van der Waals surface area (Å²) in [5, 5.41) is 21.8. The van der Waals surface area contributed by atoms with Crippen LogP contribution in [0.15, 0.2) is 47.4 Å². The van der Waals surface area contributed by atoms with E-state index in [1.54, 1.807) is 12.1 Å². The fraction of sp³-hybridized carbons (Fsp3) is 0.429. The lowest BCUT2D eigenvalue weighted by Gasteiger charge is -2.28. The van der Waals surface area contributed by atoms with Gasteiger partial charge in [0.2, 0.25) is 0 Å². The van der Waals surface area contributed by atoms with Crippen molar-refractivity contribution in [3.05, 3.63) is 58.1 Å². The minimum atomic E-state index is -4.16. The van der Waals surface area contributed by atoms with E-state index in [9.17, 15) is 23.6 Å². The molecular formula is C21H28N2O7S. The number of rotatable bonds is 12. The van der Waals surface area contributed by atoms with Crippen molar-refractivity contribution in [3.8, 4) is 5.75 Å². The number of sulfonamides is 1. The van der Waals surface area contributed by atoms with Crippen LogP contribution in [0.1, 0.15) is 25.3 Å². The SMILES string of the molecule is CCCCOCC(O)CN(c1cc([N+](=O)[O-])ccc1OC)S(=O)(=O)c1ccc(C)cc1. The lowest BCUT2D eigenvalue weighted by Crippen LogP contribution is -2.39. The molecule has 170 valence electrons. The summed E-state index contributed by atoms with van der Waals surface area (Å²) >= 11 is 0. The topological polar surface area (TPSA) is 119 Å². The highest BCUT2D eigenvalue weighted by molar-refractivity contribution is 7.92. The summed E-state index contributed by atoms with van der Waals surface area (Å²) in [6.45, 7) is 3.84. The maximum Gasteiger partial charge on any atom is 0.271 e. The molecule has 0 bridgehead atoms. The normalized spacial score (nSPS) is 12.4. The number of methoxy groups -OCH3 is 1. The molecule has 0 amide bonds. The number of nitro groups is 1. The average Bonchev–Trinajstić information content (AvgIpc) is 2.74. The number of nitro benzene ring substituents is 1. The maximum absolute atomic E-state index is 13.5. The van der Waals surface area contributed by atoms with Crippen LogP contribution in [0.5, 0.6) is 5.75 Å². The highest BCUT2D eigenvalue weighted by Crippen LogP contribution is 2.35. The monoisotopic (exact) mass is 452 g/mol. The second-order valence-electron chi connectivity index (χ2n) is 7.04. The number of aliphatic hydroxyl groups is 1. The number of nitrogens with zero attached hydrogens (tertiary/aromatic N) is 2. The second-order valence-corrected chi connectivity index (χ2v) is 8.91. The summed E-state index contributed by atoms with van der Waals surface area (Å²) in [5.41, 5.74) is 0.543. The van der Waals surface area contributed by atoms with E-state index in [0.29, 0.717) is 6.61 Å². The van der Waals surface area contributed by atoms with Gasteiger partial charge < -0.3 is 14.6 Å². The lowest BCUT2D eigenvalue weighted by atomic mass is 10.2. The van der Waals surface area contributed by atoms with Crippen molar-refractivity contribution in [2.45, 2.75) is 37.7 Å². The number of hydrogen-bond acceptors (Lipinski definition) is 7. The van der Waals surface area contributed by atoms with Crippen LogP contribution in [0.2, 0.25) is 0 Å². The van der Waals surface area contributed by atoms with Crippen LogP contribution in [0.4, 0.5) is 11.4 Å². The molecule has 0 aliphatic rings. The Bertz CT molecular complexity index is 978. The van der Waals surface area contributed by atoms with Crippen LogP contribution >= 0.6 is 0 Å². The molecule has 0 spiro atoms. The van der Waals surface area contributed by atoms with Gasteiger partial charge in [0.1, 0.15) is 11.4 Å². The van der Waals surface area contributed by atoms with Crippen molar-refractivity contribution >= 4 is 21.4 Å². The van der Waals surface area contributed by atoms with Gasteiger partial charge in [0.15, 0.2) is 0 Å². The fourth-order valence-electron chi connectivity index (χ4n) is 2.86. The predicted octanol–water partition coefficient (Wildman–Crippen LogP) is 3.28. The molecule has 2 aromatic carbocycles.